The fourth-order valence-corrected chi connectivity index (χ4v) is 1.90. The van der Waals surface area contributed by atoms with Crippen molar-refractivity contribution in [1.82, 2.24) is 29.9 Å². The van der Waals surface area contributed by atoms with Crippen molar-refractivity contribution in [3.8, 4) is 0 Å². The first kappa shape index (κ1) is 11.6. The molecule has 2 aromatic heterocycles. The maximum atomic E-state index is 11.7. The first-order chi connectivity index (χ1) is 9.22. The first-order valence-corrected chi connectivity index (χ1v) is 6.04. The zero-order chi connectivity index (χ0) is 13.2. The fraction of sp³-hybridized carbons (Fsp3) is 0.500. The summed E-state index contributed by atoms with van der Waals surface area (Å²) in [6, 6.07) is 0. The zero-order valence-corrected chi connectivity index (χ0v) is 10.1. The lowest BCUT2D eigenvalue weighted by molar-refractivity contribution is -0.116. The molecule has 0 unspecified atom stereocenters. The number of aromatic amines is 2. The Morgan fingerprint density at radius 3 is 2.95 bits per heavy atom. The second-order valence-electron chi connectivity index (χ2n) is 4.51. The summed E-state index contributed by atoms with van der Waals surface area (Å²) >= 11 is 0. The SMILES string of the molecule is O=C(Cn1cn[nH]c1=O)Nc1n[nH]c(C2CCC2)n1. The lowest BCUT2D eigenvalue weighted by atomic mass is 9.85. The van der Waals surface area contributed by atoms with Crippen molar-refractivity contribution in [1.29, 1.82) is 0 Å². The van der Waals surface area contributed by atoms with Gasteiger partial charge >= 0.3 is 5.69 Å². The van der Waals surface area contributed by atoms with Gasteiger partial charge in [-0.2, -0.15) is 10.1 Å². The molecule has 3 N–H and O–H groups in total. The Morgan fingerprint density at radius 1 is 1.47 bits per heavy atom. The number of hydrogen-bond acceptors (Lipinski definition) is 5. The van der Waals surface area contributed by atoms with Gasteiger partial charge in [-0.05, 0) is 12.8 Å². The van der Waals surface area contributed by atoms with Crippen LogP contribution >= 0.6 is 0 Å². The Morgan fingerprint density at radius 2 is 2.32 bits per heavy atom. The third-order valence-electron chi connectivity index (χ3n) is 3.18. The van der Waals surface area contributed by atoms with E-state index in [1.165, 1.54) is 12.7 Å². The summed E-state index contributed by atoms with van der Waals surface area (Å²) in [6.45, 7) is -0.122. The average Bonchev–Trinajstić information content (AvgIpc) is 2.88. The molecule has 0 atom stereocenters. The highest BCUT2D eigenvalue weighted by molar-refractivity contribution is 5.88. The van der Waals surface area contributed by atoms with Crippen LogP contribution in [0.25, 0.3) is 0 Å². The molecule has 0 aromatic carbocycles. The topological polar surface area (TPSA) is 121 Å². The summed E-state index contributed by atoms with van der Waals surface area (Å²) in [5.74, 6) is 1.10. The minimum absolute atomic E-state index is 0.122. The molecule has 2 aromatic rings. The number of amides is 1. The van der Waals surface area contributed by atoms with Crippen LogP contribution in [0.3, 0.4) is 0 Å². The molecular formula is C10H13N7O2. The zero-order valence-electron chi connectivity index (χ0n) is 10.1. The highest BCUT2D eigenvalue weighted by atomic mass is 16.2. The van der Waals surface area contributed by atoms with E-state index in [0.717, 1.165) is 23.2 Å². The largest absolute Gasteiger partial charge is 0.343 e. The van der Waals surface area contributed by atoms with Crippen molar-refractivity contribution in [2.45, 2.75) is 31.7 Å². The van der Waals surface area contributed by atoms with Crippen LogP contribution in [0.5, 0.6) is 0 Å². The highest BCUT2D eigenvalue weighted by Crippen LogP contribution is 2.34. The van der Waals surface area contributed by atoms with Gasteiger partial charge in [0.1, 0.15) is 18.7 Å². The highest BCUT2D eigenvalue weighted by Gasteiger charge is 2.23. The lowest BCUT2D eigenvalue weighted by Gasteiger charge is -2.22. The Balaban J connectivity index is 1.61. The minimum atomic E-state index is -0.430. The van der Waals surface area contributed by atoms with Crippen LogP contribution in [0.1, 0.15) is 31.0 Å². The molecule has 1 aliphatic carbocycles. The third kappa shape index (κ3) is 2.39. The number of nitrogens with one attached hydrogen (secondary N) is 3. The number of carbonyl (C=O) groups is 1. The van der Waals surface area contributed by atoms with Crippen LogP contribution in [0.4, 0.5) is 5.95 Å². The summed E-state index contributed by atoms with van der Waals surface area (Å²) in [7, 11) is 0. The van der Waals surface area contributed by atoms with Crippen molar-refractivity contribution in [2.75, 3.05) is 5.32 Å². The van der Waals surface area contributed by atoms with Crippen molar-refractivity contribution < 1.29 is 4.79 Å². The van der Waals surface area contributed by atoms with Gasteiger partial charge in [-0.25, -0.2) is 9.89 Å². The number of anilines is 1. The van der Waals surface area contributed by atoms with Gasteiger partial charge in [0.2, 0.25) is 11.9 Å². The standard InChI is InChI=1S/C10H13N7O2/c18-7(4-17-5-11-16-10(17)19)12-9-13-8(14-15-9)6-2-1-3-6/h5-6H,1-4H2,(H,16,19)(H2,12,13,14,15,18). The van der Waals surface area contributed by atoms with Crippen LogP contribution < -0.4 is 11.0 Å². The minimum Gasteiger partial charge on any atom is -0.292 e. The van der Waals surface area contributed by atoms with E-state index >= 15 is 0 Å². The van der Waals surface area contributed by atoms with E-state index in [0.29, 0.717) is 5.92 Å². The summed E-state index contributed by atoms with van der Waals surface area (Å²) in [5, 5.41) is 15.0. The Labute approximate surface area is 107 Å². The van der Waals surface area contributed by atoms with E-state index < -0.39 is 5.69 Å². The molecule has 2 heterocycles. The second-order valence-corrected chi connectivity index (χ2v) is 4.51. The predicted molar refractivity (Wildman–Crippen MR) is 64.5 cm³/mol. The van der Waals surface area contributed by atoms with E-state index in [1.54, 1.807) is 0 Å². The number of aromatic nitrogens is 6. The summed E-state index contributed by atoms with van der Waals surface area (Å²) in [5.41, 5.74) is -0.430. The van der Waals surface area contributed by atoms with Gasteiger partial charge in [0.15, 0.2) is 0 Å². The van der Waals surface area contributed by atoms with E-state index in [1.807, 2.05) is 0 Å². The maximum Gasteiger partial charge on any atom is 0.343 e. The van der Waals surface area contributed by atoms with Crippen LogP contribution in [0, 0.1) is 0 Å². The van der Waals surface area contributed by atoms with Gasteiger partial charge in [-0.1, -0.05) is 6.42 Å². The fourth-order valence-electron chi connectivity index (χ4n) is 1.90. The molecule has 1 fully saturated rings. The van der Waals surface area contributed by atoms with Crippen molar-refractivity contribution in [3.63, 3.8) is 0 Å². The molecule has 9 heteroatoms. The van der Waals surface area contributed by atoms with Gasteiger partial charge in [0.05, 0.1) is 0 Å². The summed E-state index contributed by atoms with van der Waals surface area (Å²) < 4.78 is 1.16. The summed E-state index contributed by atoms with van der Waals surface area (Å²) in [6.07, 6.45) is 4.68. The molecule has 0 aliphatic heterocycles. The normalized spacial score (nSPS) is 15.2. The number of nitrogens with zero attached hydrogens (tertiary/aromatic N) is 4. The quantitative estimate of drug-likeness (QED) is 0.692. The molecule has 100 valence electrons. The maximum absolute atomic E-state index is 11.7. The molecule has 0 bridgehead atoms. The Hall–Kier alpha value is -2.45. The van der Waals surface area contributed by atoms with Gasteiger partial charge in [0.25, 0.3) is 0 Å². The van der Waals surface area contributed by atoms with E-state index in [-0.39, 0.29) is 18.4 Å². The number of rotatable bonds is 4. The second kappa shape index (κ2) is 4.67. The number of hydrogen-bond donors (Lipinski definition) is 3. The van der Waals surface area contributed by atoms with Crippen molar-refractivity contribution in [2.24, 2.45) is 0 Å². The van der Waals surface area contributed by atoms with Gasteiger partial charge in [-0.3, -0.25) is 19.8 Å². The molecule has 0 saturated heterocycles. The van der Waals surface area contributed by atoms with Gasteiger partial charge in [-0.15, -0.1) is 5.10 Å². The van der Waals surface area contributed by atoms with Crippen LogP contribution in [-0.4, -0.2) is 35.9 Å². The average molecular weight is 263 g/mol. The lowest BCUT2D eigenvalue weighted by Crippen LogP contribution is -2.25. The van der Waals surface area contributed by atoms with E-state index in [9.17, 15) is 9.59 Å². The molecule has 1 saturated carbocycles. The molecule has 1 aliphatic rings. The van der Waals surface area contributed by atoms with Gasteiger partial charge in [0, 0.05) is 5.92 Å². The van der Waals surface area contributed by atoms with Crippen molar-refractivity contribution in [3.05, 3.63) is 22.6 Å². The molecule has 19 heavy (non-hydrogen) atoms. The molecular weight excluding hydrogens is 250 g/mol. The first-order valence-electron chi connectivity index (χ1n) is 6.04. The van der Waals surface area contributed by atoms with E-state index in [4.69, 9.17) is 0 Å². The number of carbonyl (C=O) groups excluding carboxylic acids is 1. The number of H-pyrrole nitrogens is 2. The van der Waals surface area contributed by atoms with Crippen molar-refractivity contribution >= 4 is 11.9 Å². The third-order valence-corrected chi connectivity index (χ3v) is 3.18. The van der Waals surface area contributed by atoms with Crippen LogP contribution in [0.2, 0.25) is 0 Å². The Bertz CT molecular complexity index is 636. The molecule has 0 spiro atoms. The smallest absolute Gasteiger partial charge is 0.292 e. The molecule has 1 amide bonds. The molecule has 9 nitrogen and oxygen atoms in total. The Kier molecular flexibility index (Phi) is 2.86. The molecule has 3 rings (SSSR count). The van der Waals surface area contributed by atoms with Crippen LogP contribution in [-0.2, 0) is 11.3 Å². The van der Waals surface area contributed by atoms with E-state index in [2.05, 4.69) is 30.7 Å². The molecule has 0 radical (unpaired) electrons. The van der Waals surface area contributed by atoms with Gasteiger partial charge < -0.3 is 0 Å². The summed E-state index contributed by atoms with van der Waals surface area (Å²) in [4.78, 5) is 27.1. The predicted octanol–water partition coefficient (Wildman–Crippen LogP) is -0.404. The van der Waals surface area contributed by atoms with Crippen LogP contribution in [0.15, 0.2) is 11.1 Å². The monoisotopic (exact) mass is 263 g/mol.